The molecule has 0 aliphatic rings. The molecule has 0 saturated heterocycles. The fraction of sp³-hybridized carbons (Fsp3) is 0.176. The number of aliphatic carboxylic acids is 1. The minimum absolute atomic E-state index is 0.0453. The van der Waals surface area contributed by atoms with Crippen LogP contribution in [-0.2, 0) is 4.79 Å². The van der Waals surface area contributed by atoms with E-state index in [0.717, 1.165) is 4.57 Å². The number of carboxylic acid groups (broad SMARTS) is 1. The SMILES string of the molecule is COc1cn(C(C)C(=O)O)c(=O)cc1-c1cc(Cl)ccc1N(N)/C=C(\N)Cl. The second-order valence-electron chi connectivity index (χ2n) is 5.60. The van der Waals surface area contributed by atoms with Gasteiger partial charge in [0.25, 0.3) is 5.56 Å². The monoisotopic (exact) mass is 412 g/mol. The van der Waals surface area contributed by atoms with E-state index in [1.54, 1.807) is 18.2 Å². The first-order valence-corrected chi connectivity index (χ1v) is 8.41. The highest BCUT2D eigenvalue weighted by Gasteiger charge is 2.20. The molecule has 0 aliphatic heterocycles. The van der Waals surface area contributed by atoms with Crippen LogP contribution in [0, 0.1) is 0 Å². The number of carbonyl (C=O) groups is 1. The molecular weight excluding hydrogens is 395 g/mol. The van der Waals surface area contributed by atoms with Crippen LogP contribution in [0.5, 0.6) is 5.75 Å². The predicted octanol–water partition coefficient (Wildman–Crippen LogP) is 2.50. The summed E-state index contributed by atoms with van der Waals surface area (Å²) in [6.07, 6.45) is 2.61. The van der Waals surface area contributed by atoms with Crippen LogP contribution in [-0.4, -0.2) is 22.8 Å². The molecule has 5 N–H and O–H groups in total. The maximum Gasteiger partial charge on any atom is 0.326 e. The lowest BCUT2D eigenvalue weighted by Crippen LogP contribution is -2.28. The number of methoxy groups -OCH3 is 1. The Labute approximate surface area is 165 Å². The molecule has 0 fully saturated rings. The van der Waals surface area contributed by atoms with Crippen LogP contribution in [0.3, 0.4) is 0 Å². The van der Waals surface area contributed by atoms with Crippen LogP contribution in [0.1, 0.15) is 13.0 Å². The first-order valence-electron chi connectivity index (χ1n) is 7.65. The molecule has 27 heavy (non-hydrogen) atoms. The second kappa shape index (κ2) is 8.34. The number of rotatable bonds is 6. The number of hydrogen-bond donors (Lipinski definition) is 3. The van der Waals surface area contributed by atoms with Gasteiger partial charge < -0.3 is 15.6 Å². The zero-order chi connectivity index (χ0) is 20.3. The second-order valence-corrected chi connectivity index (χ2v) is 6.47. The van der Waals surface area contributed by atoms with Crippen LogP contribution >= 0.6 is 23.2 Å². The van der Waals surface area contributed by atoms with Gasteiger partial charge in [0.15, 0.2) is 0 Å². The third-order valence-corrected chi connectivity index (χ3v) is 4.16. The number of anilines is 1. The van der Waals surface area contributed by atoms with Crippen molar-refractivity contribution in [2.45, 2.75) is 13.0 Å². The maximum atomic E-state index is 12.5. The van der Waals surface area contributed by atoms with Gasteiger partial charge in [-0.1, -0.05) is 23.2 Å². The van der Waals surface area contributed by atoms with E-state index in [1.807, 2.05) is 0 Å². The number of nitrogens with two attached hydrogens (primary N) is 2. The third kappa shape index (κ3) is 4.54. The molecule has 0 bridgehead atoms. The molecule has 0 aliphatic carbocycles. The molecule has 0 amide bonds. The summed E-state index contributed by atoms with van der Waals surface area (Å²) in [6, 6.07) is 5.02. The average molecular weight is 413 g/mol. The van der Waals surface area contributed by atoms with Crippen LogP contribution in [0.2, 0.25) is 5.02 Å². The summed E-state index contributed by atoms with van der Waals surface area (Å²) < 4.78 is 6.42. The molecule has 0 spiro atoms. The molecule has 1 aromatic carbocycles. The molecule has 0 radical (unpaired) electrons. The molecule has 1 heterocycles. The van der Waals surface area contributed by atoms with Crippen molar-refractivity contribution in [3.63, 3.8) is 0 Å². The zero-order valence-electron chi connectivity index (χ0n) is 14.5. The lowest BCUT2D eigenvalue weighted by atomic mass is 10.0. The lowest BCUT2D eigenvalue weighted by molar-refractivity contribution is -0.140. The molecule has 1 aromatic heterocycles. The van der Waals surface area contributed by atoms with E-state index in [4.69, 9.17) is 39.5 Å². The molecule has 1 unspecified atom stereocenters. The molecule has 2 rings (SSSR count). The fourth-order valence-corrected chi connectivity index (χ4v) is 2.75. The Morgan fingerprint density at radius 1 is 1.37 bits per heavy atom. The van der Waals surface area contributed by atoms with E-state index in [9.17, 15) is 14.7 Å². The van der Waals surface area contributed by atoms with E-state index >= 15 is 0 Å². The van der Waals surface area contributed by atoms with Gasteiger partial charge in [-0.15, -0.1) is 0 Å². The Bertz CT molecular complexity index is 954. The number of pyridine rings is 1. The number of nitrogens with zero attached hydrogens (tertiary/aromatic N) is 2. The number of hydrazine groups is 1. The van der Waals surface area contributed by atoms with Crippen LogP contribution in [0.25, 0.3) is 11.1 Å². The van der Waals surface area contributed by atoms with Gasteiger partial charge in [-0.3, -0.25) is 14.4 Å². The summed E-state index contributed by atoms with van der Waals surface area (Å²) >= 11 is 11.8. The van der Waals surface area contributed by atoms with Gasteiger partial charge in [-0.2, -0.15) is 0 Å². The van der Waals surface area contributed by atoms with Gasteiger partial charge in [0.05, 0.1) is 25.2 Å². The summed E-state index contributed by atoms with van der Waals surface area (Å²) in [6.45, 7) is 1.39. The van der Waals surface area contributed by atoms with Crippen molar-refractivity contribution in [1.82, 2.24) is 4.57 Å². The largest absolute Gasteiger partial charge is 0.495 e. The number of ether oxygens (including phenoxy) is 1. The number of aromatic nitrogens is 1. The zero-order valence-corrected chi connectivity index (χ0v) is 16.0. The van der Waals surface area contributed by atoms with Crippen molar-refractivity contribution in [3.8, 4) is 16.9 Å². The van der Waals surface area contributed by atoms with Crippen molar-refractivity contribution in [3.05, 3.63) is 57.2 Å². The maximum absolute atomic E-state index is 12.5. The summed E-state index contributed by atoms with van der Waals surface area (Å²) in [5.74, 6) is 5.10. The quantitative estimate of drug-likeness (QED) is 0.378. The summed E-state index contributed by atoms with van der Waals surface area (Å²) in [4.78, 5) is 23.7. The minimum Gasteiger partial charge on any atom is -0.495 e. The van der Waals surface area contributed by atoms with Gasteiger partial charge in [-0.05, 0) is 25.1 Å². The molecule has 2 aromatic rings. The molecule has 0 saturated carbocycles. The number of hydrogen-bond acceptors (Lipinski definition) is 6. The van der Waals surface area contributed by atoms with Crippen LogP contribution < -0.4 is 26.9 Å². The number of carboxylic acids is 1. The standard InChI is InChI=1S/C17H18Cl2N4O4/c1-9(17(25)26)22-7-14(27-2)12(6-16(22)24)11-5-10(18)3-4-13(11)23(21)8-15(19)20/h3-9H,20-21H2,1-2H3,(H,25,26)/b15-8-. The molecule has 1 atom stereocenters. The van der Waals surface area contributed by atoms with Crippen LogP contribution in [0.15, 0.2) is 46.6 Å². The van der Waals surface area contributed by atoms with Gasteiger partial charge >= 0.3 is 5.97 Å². The van der Waals surface area contributed by atoms with Crippen molar-refractivity contribution in [2.24, 2.45) is 11.6 Å². The highest BCUT2D eigenvalue weighted by molar-refractivity contribution is 6.31. The lowest BCUT2D eigenvalue weighted by Gasteiger charge is -2.21. The molecular formula is C17H18Cl2N4O4. The van der Waals surface area contributed by atoms with Gasteiger partial charge in [0.2, 0.25) is 0 Å². The Balaban J connectivity index is 2.73. The summed E-state index contributed by atoms with van der Waals surface area (Å²) in [7, 11) is 1.40. The van der Waals surface area contributed by atoms with Crippen LogP contribution in [0.4, 0.5) is 5.69 Å². The number of benzene rings is 1. The first kappa shape index (κ1) is 20.6. The number of halogens is 2. The minimum atomic E-state index is -1.15. The molecule has 8 nitrogen and oxygen atoms in total. The molecule has 144 valence electrons. The van der Waals surface area contributed by atoms with E-state index in [1.165, 1.54) is 37.5 Å². The Morgan fingerprint density at radius 2 is 2.04 bits per heavy atom. The van der Waals surface area contributed by atoms with E-state index in [-0.39, 0.29) is 10.9 Å². The van der Waals surface area contributed by atoms with Crippen molar-refractivity contribution in [1.29, 1.82) is 0 Å². The van der Waals surface area contributed by atoms with Gasteiger partial charge in [-0.25, -0.2) is 10.6 Å². The topological polar surface area (TPSA) is 124 Å². The predicted molar refractivity (Wildman–Crippen MR) is 105 cm³/mol. The van der Waals surface area contributed by atoms with E-state index in [2.05, 4.69) is 0 Å². The van der Waals surface area contributed by atoms with Gasteiger partial charge in [0.1, 0.15) is 16.9 Å². The summed E-state index contributed by atoms with van der Waals surface area (Å²) in [5.41, 5.74) is 6.24. The van der Waals surface area contributed by atoms with Gasteiger partial charge in [0, 0.05) is 22.2 Å². The Morgan fingerprint density at radius 3 is 2.59 bits per heavy atom. The third-order valence-electron chi connectivity index (χ3n) is 3.83. The normalized spacial score (nSPS) is 12.6. The summed E-state index contributed by atoms with van der Waals surface area (Å²) in [5, 5.41) is 10.7. The van der Waals surface area contributed by atoms with E-state index < -0.39 is 17.6 Å². The first-order chi connectivity index (χ1) is 12.6. The van der Waals surface area contributed by atoms with Crippen molar-refractivity contribution in [2.75, 3.05) is 12.1 Å². The Kier molecular flexibility index (Phi) is 6.37. The smallest absolute Gasteiger partial charge is 0.326 e. The molecule has 10 heteroatoms. The van der Waals surface area contributed by atoms with Crippen molar-refractivity contribution < 1.29 is 14.6 Å². The van der Waals surface area contributed by atoms with Crippen molar-refractivity contribution >= 4 is 34.9 Å². The Hall–Kier alpha value is -2.68. The fourth-order valence-electron chi connectivity index (χ4n) is 2.47. The highest BCUT2D eigenvalue weighted by atomic mass is 35.5. The average Bonchev–Trinajstić information content (AvgIpc) is 2.60. The highest BCUT2D eigenvalue weighted by Crippen LogP contribution is 2.37. The van der Waals surface area contributed by atoms with E-state index in [0.29, 0.717) is 21.8 Å².